The molecule has 3 atom stereocenters. The SMILES string of the molecule is CCC(CC)SC(=O)OC[C@@]1(F)OC[C@@]2(n3ccc(=O)[nH]c3=O)OC(C)(C)O[C@H]12. The number of halogens is 1. The molecule has 1 N–H and O–H groups in total. The van der Waals surface area contributed by atoms with Crippen molar-refractivity contribution >= 4 is 17.1 Å². The van der Waals surface area contributed by atoms with Crippen molar-refractivity contribution in [3.05, 3.63) is 33.1 Å². The van der Waals surface area contributed by atoms with E-state index in [1.165, 1.54) is 6.20 Å². The molecule has 0 bridgehead atoms. The smallest absolute Gasteiger partial charge is 0.367 e. The number of aromatic amines is 1. The van der Waals surface area contributed by atoms with Crippen LogP contribution < -0.4 is 11.2 Å². The lowest BCUT2D eigenvalue weighted by Crippen LogP contribution is -2.53. The Balaban J connectivity index is 1.85. The fourth-order valence-electron chi connectivity index (χ4n) is 3.57. The Morgan fingerprint density at radius 3 is 2.72 bits per heavy atom. The van der Waals surface area contributed by atoms with E-state index < -0.39 is 46.6 Å². The highest BCUT2D eigenvalue weighted by atomic mass is 32.2. The van der Waals surface area contributed by atoms with Gasteiger partial charge in [-0.1, -0.05) is 13.8 Å². The molecule has 0 spiro atoms. The maximum absolute atomic E-state index is 15.7. The molecular formula is C18H25FN2O7S. The molecule has 9 nitrogen and oxygen atoms in total. The first kappa shape index (κ1) is 22.0. The molecule has 2 aliphatic heterocycles. The van der Waals surface area contributed by atoms with Crippen LogP contribution in [-0.4, -0.2) is 51.1 Å². The Morgan fingerprint density at radius 2 is 2.10 bits per heavy atom. The lowest BCUT2D eigenvalue weighted by Gasteiger charge is -2.29. The molecule has 2 saturated heterocycles. The van der Waals surface area contributed by atoms with Gasteiger partial charge in [-0.25, -0.2) is 14.0 Å². The molecule has 29 heavy (non-hydrogen) atoms. The number of hydrogen-bond donors (Lipinski definition) is 1. The molecule has 2 fully saturated rings. The molecule has 1 aromatic heterocycles. The topological polar surface area (TPSA) is 109 Å². The predicted molar refractivity (Wildman–Crippen MR) is 102 cm³/mol. The second-order valence-electron chi connectivity index (χ2n) is 7.49. The molecule has 0 unspecified atom stereocenters. The van der Waals surface area contributed by atoms with Gasteiger partial charge < -0.3 is 18.9 Å². The van der Waals surface area contributed by atoms with Gasteiger partial charge >= 0.3 is 11.0 Å². The van der Waals surface area contributed by atoms with E-state index in [4.69, 9.17) is 18.9 Å². The van der Waals surface area contributed by atoms with Crippen molar-refractivity contribution in [3.63, 3.8) is 0 Å². The van der Waals surface area contributed by atoms with E-state index in [1.807, 2.05) is 13.8 Å². The minimum absolute atomic E-state index is 0.0753. The van der Waals surface area contributed by atoms with Crippen LogP contribution in [0.1, 0.15) is 40.5 Å². The van der Waals surface area contributed by atoms with Crippen molar-refractivity contribution in [1.29, 1.82) is 0 Å². The Morgan fingerprint density at radius 1 is 1.41 bits per heavy atom. The van der Waals surface area contributed by atoms with Crippen LogP contribution in [0.5, 0.6) is 0 Å². The Hall–Kier alpha value is -1.69. The molecule has 2 aliphatic rings. The van der Waals surface area contributed by atoms with Gasteiger partial charge in [0.2, 0.25) is 5.72 Å². The Bertz CT molecular complexity index is 883. The van der Waals surface area contributed by atoms with Crippen LogP contribution in [0.15, 0.2) is 21.9 Å². The predicted octanol–water partition coefficient (Wildman–Crippen LogP) is 2.10. The van der Waals surface area contributed by atoms with Gasteiger partial charge in [0.05, 0.1) is 0 Å². The zero-order valence-electron chi connectivity index (χ0n) is 16.7. The van der Waals surface area contributed by atoms with Gasteiger partial charge in [0.25, 0.3) is 11.4 Å². The summed E-state index contributed by atoms with van der Waals surface area (Å²) in [5, 5.41) is -0.539. The molecule has 1 aromatic rings. The van der Waals surface area contributed by atoms with Crippen LogP contribution in [0.25, 0.3) is 0 Å². The van der Waals surface area contributed by atoms with E-state index in [0.29, 0.717) is 0 Å². The van der Waals surface area contributed by atoms with E-state index in [2.05, 4.69) is 4.98 Å². The highest BCUT2D eigenvalue weighted by Crippen LogP contribution is 2.51. The van der Waals surface area contributed by atoms with Gasteiger partial charge in [0.1, 0.15) is 6.61 Å². The van der Waals surface area contributed by atoms with Crippen molar-refractivity contribution in [2.24, 2.45) is 0 Å². The summed E-state index contributed by atoms with van der Waals surface area (Å²) in [6.07, 6.45) is 1.35. The number of hydrogen-bond acceptors (Lipinski definition) is 8. The average molecular weight is 432 g/mol. The number of nitrogens with one attached hydrogen (secondary N) is 1. The quantitative estimate of drug-likeness (QED) is 0.681. The molecule has 162 valence electrons. The molecule has 0 aliphatic carbocycles. The van der Waals surface area contributed by atoms with Crippen LogP contribution in [-0.2, 0) is 24.7 Å². The van der Waals surface area contributed by atoms with Crippen molar-refractivity contribution in [2.75, 3.05) is 13.2 Å². The molecule has 0 saturated carbocycles. The minimum atomic E-state index is -2.53. The first-order valence-corrected chi connectivity index (χ1v) is 10.3. The number of nitrogens with zero attached hydrogens (tertiary/aromatic N) is 1. The van der Waals surface area contributed by atoms with Gasteiger partial charge in [-0.15, -0.1) is 0 Å². The molecule has 0 aromatic carbocycles. The highest BCUT2D eigenvalue weighted by molar-refractivity contribution is 8.13. The standard InChI is InChI=1S/C18H25FN2O7S/c1-5-11(6-2)29-15(24)25-9-17(19)13-18(10-26-17,28-16(3,4)27-13)21-8-7-12(22)20-14(21)23/h7-8,11,13H,5-6,9-10H2,1-4H3,(H,20,22,23)/t13-,17-,18-/m1/s1. The second kappa shape index (κ2) is 7.86. The number of aromatic nitrogens is 2. The number of fused-ring (bicyclic) bond motifs is 1. The Labute approximate surface area is 170 Å². The third kappa shape index (κ3) is 4.14. The number of carbonyl (C=O) groups excluding carboxylic acids is 1. The third-order valence-electron chi connectivity index (χ3n) is 4.94. The van der Waals surface area contributed by atoms with Gasteiger partial charge in [-0.05, 0) is 38.5 Å². The largest absolute Gasteiger partial charge is 0.451 e. The zero-order chi connectivity index (χ0) is 21.4. The monoisotopic (exact) mass is 432 g/mol. The average Bonchev–Trinajstić information content (AvgIpc) is 3.08. The maximum Gasteiger partial charge on any atom is 0.367 e. The minimum Gasteiger partial charge on any atom is -0.451 e. The summed E-state index contributed by atoms with van der Waals surface area (Å²) in [5.74, 6) is -3.77. The molecule has 0 amide bonds. The number of ether oxygens (including phenoxy) is 4. The molecule has 3 heterocycles. The van der Waals surface area contributed by atoms with Crippen LogP contribution in [0.4, 0.5) is 9.18 Å². The second-order valence-corrected chi connectivity index (χ2v) is 8.73. The van der Waals surface area contributed by atoms with Gasteiger partial charge in [-0.2, -0.15) is 0 Å². The van der Waals surface area contributed by atoms with Crippen molar-refractivity contribution in [3.8, 4) is 0 Å². The summed E-state index contributed by atoms with van der Waals surface area (Å²) < 4.78 is 38.8. The molecule has 11 heteroatoms. The molecular weight excluding hydrogens is 407 g/mol. The van der Waals surface area contributed by atoms with Crippen LogP contribution in [0.3, 0.4) is 0 Å². The lowest BCUT2D eigenvalue weighted by molar-refractivity contribution is -0.246. The number of thioether (sulfide) groups is 1. The zero-order valence-corrected chi connectivity index (χ0v) is 17.5. The Kier molecular flexibility index (Phi) is 5.96. The first-order valence-electron chi connectivity index (χ1n) is 9.42. The first-order chi connectivity index (χ1) is 13.5. The number of alkyl halides is 1. The van der Waals surface area contributed by atoms with Gasteiger partial charge in [0.15, 0.2) is 18.5 Å². The third-order valence-corrected chi connectivity index (χ3v) is 6.25. The molecule has 0 radical (unpaired) electrons. The summed E-state index contributed by atoms with van der Waals surface area (Å²) in [6, 6.07) is 1.12. The van der Waals surface area contributed by atoms with Crippen molar-refractivity contribution in [1.82, 2.24) is 9.55 Å². The maximum atomic E-state index is 15.7. The number of H-pyrrole nitrogens is 1. The lowest BCUT2D eigenvalue weighted by atomic mass is 10.0. The fraction of sp³-hybridized carbons (Fsp3) is 0.722. The van der Waals surface area contributed by atoms with Gasteiger partial charge in [-0.3, -0.25) is 14.3 Å². The van der Waals surface area contributed by atoms with Crippen LogP contribution >= 0.6 is 11.8 Å². The molecule has 3 rings (SSSR count). The van der Waals surface area contributed by atoms with Gasteiger partial charge in [0, 0.05) is 17.5 Å². The van der Waals surface area contributed by atoms with E-state index in [-0.39, 0.29) is 11.9 Å². The summed E-state index contributed by atoms with van der Waals surface area (Å²) in [4.78, 5) is 38.0. The summed E-state index contributed by atoms with van der Waals surface area (Å²) in [5.41, 5.74) is -3.05. The number of rotatable bonds is 6. The van der Waals surface area contributed by atoms with E-state index in [1.54, 1.807) is 13.8 Å². The van der Waals surface area contributed by atoms with Crippen LogP contribution in [0, 0.1) is 0 Å². The van der Waals surface area contributed by atoms with E-state index in [0.717, 1.165) is 35.2 Å². The fourth-order valence-corrected chi connectivity index (χ4v) is 4.30. The normalized spacial score (nSPS) is 30.5. The summed E-state index contributed by atoms with van der Waals surface area (Å²) in [6.45, 7) is 5.95. The highest BCUT2D eigenvalue weighted by Gasteiger charge is 2.70. The van der Waals surface area contributed by atoms with Crippen molar-refractivity contribution < 1.29 is 28.1 Å². The van der Waals surface area contributed by atoms with E-state index in [9.17, 15) is 14.4 Å². The van der Waals surface area contributed by atoms with Crippen LogP contribution in [0.2, 0.25) is 0 Å². The number of carbonyl (C=O) groups is 1. The summed E-state index contributed by atoms with van der Waals surface area (Å²) >= 11 is 1.00. The summed E-state index contributed by atoms with van der Waals surface area (Å²) in [7, 11) is 0. The van der Waals surface area contributed by atoms with E-state index >= 15 is 4.39 Å². The van der Waals surface area contributed by atoms with Crippen molar-refractivity contribution in [2.45, 2.75) is 69.3 Å².